The molecule has 0 spiro atoms. The number of rotatable bonds is 7. The summed E-state index contributed by atoms with van der Waals surface area (Å²) in [6, 6.07) is 5.09. The molecule has 0 unspecified atom stereocenters. The lowest BCUT2D eigenvalue weighted by Crippen LogP contribution is -2.34. The number of aliphatic hydroxyl groups is 1. The molecular formula is C15H23NO4. The van der Waals surface area contributed by atoms with Crippen molar-refractivity contribution < 1.29 is 19.4 Å². The molecule has 1 rings (SSSR count). The Labute approximate surface area is 119 Å². The molecule has 5 heteroatoms. The maximum Gasteiger partial charge on any atom is 0.255 e. The molecule has 0 aliphatic carbocycles. The highest BCUT2D eigenvalue weighted by atomic mass is 16.5. The Morgan fingerprint density at radius 3 is 2.55 bits per heavy atom. The zero-order valence-corrected chi connectivity index (χ0v) is 12.5. The molecular weight excluding hydrogens is 258 g/mol. The van der Waals surface area contributed by atoms with Crippen LogP contribution in [0.1, 0.15) is 30.6 Å². The molecule has 0 aromatic heterocycles. The molecule has 0 fully saturated rings. The van der Waals surface area contributed by atoms with Crippen molar-refractivity contribution in [1.29, 1.82) is 0 Å². The zero-order chi connectivity index (χ0) is 15.2. The standard InChI is InChI=1S/C15H23NO4/c1-15(2,7-8-17)10-16-14(18)12-9-11(19-3)5-6-13(12)20-4/h5-6,9,17H,7-8,10H2,1-4H3,(H,16,18). The van der Waals surface area contributed by atoms with E-state index in [2.05, 4.69) is 5.32 Å². The average molecular weight is 281 g/mol. The molecule has 5 nitrogen and oxygen atoms in total. The molecule has 0 aliphatic heterocycles. The predicted molar refractivity (Wildman–Crippen MR) is 77.4 cm³/mol. The van der Waals surface area contributed by atoms with Gasteiger partial charge in [0, 0.05) is 13.2 Å². The van der Waals surface area contributed by atoms with E-state index in [1.54, 1.807) is 25.3 Å². The maximum atomic E-state index is 12.2. The number of ether oxygens (including phenoxy) is 2. The number of hydrogen-bond donors (Lipinski definition) is 2. The summed E-state index contributed by atoms with van der Waals surface area (Å²) in [5.74, 6) is 0.889. The number of methoxy groups -OCH3 is 2. The third-order valence-corrected chi connectivity index (χ3v) is 3.17. The van der Waals surface area contributed by atoms with Crippen molar-refractivity contribution in [2.24, 2.45) is 5.41 Å². The van der Waals surface area contributed by atoms with E-state index in [0.717, 1.165) is 0 Å². The average Bonchev–Trinajstić information content (AvgIpc) is 2.44. The lowest BCUT2D eigenvalue weighted by molar-refractivity contribution is 0.0925. The fourth-order valence-electron chi connectivity index (χ4n) is 1.80. The van der Waals surface area contributed by atoms with Gasteiger partial charge in [-0.1, -0.05) is 13.8 Å². The van der Waals surface area contributed by atoms with E-state index >= 15 is 0 Å². The quantitative estimate of drug-likeness (QED) is 0.800. The van der Waals surface area contributed by atoms with Gasteiger partial charge in [0.1, 0.15) is 11.5 Å². The van der Waals surface area contributed by atoms with Gasteiger partial charge in [-0.25, -0.2) is 0 Å². The van der Waals surface area contributed by atoms with E-state index < -0.39 is 0 Å². The number of carbonyl (C=O) groups is 1. The number of aliphatic hydroxyl groups excluding tert-OH is 1. The molecule has 1 aromatic rings. The van der Waals surface area contributed by atoms with Crippen molar-refractivity contribution in [1.82, 2.24) is 5.32 Å². The van der Waals surface area contributed by atoms with E-state index in [1.807, 2.05) is 13.8 Å². The van der Waals surface area contributed by atoms with E-state index in [-0.39, 0.29) is 17.9 Å². The number of benzene rings is 1. The van der Waals surface area contributed by atoms with Crippen molar-refractivity contribution in [3.8, 4) is 11.5 Å². The first-order chi connectivity index (χ1) is 9.43. The molecule has 0 saturated heterocycles. The third-order valence-electron chi connectivity index (χ3n) is 3.17. The number of nitrogens with one attached hydrogen (secondary N) is 1. The molecule has 20 heavy (non-hydrogen) atoms. The molecule has 0 aliphatic rings. The van der Waals surface area contributed by atoms with Crippen LogP contribution in [0.4, 0.5) is 0 Å². The molecule has 1 amide bonds. The van der Waals surface area contributed by atoms with Crippen molar-refractivity contribution in [2.75, 3.05) is 27.4 Å². The first-order valence-corrected chi connectivity index (χ1v) is 6.54. The van der Waals surface area contributed by atoms with E-state index in [1.165, 1.54) is 7.11 Å². The Bertz CT molecular complexity index is 457. The predicted octanol–water partition coefficient (Wildman–Crippen LogP) is 1.84. The highest BCUT2D eigenvalue weighted by molar-refractivity contribution is 5.97. The van der Waals surface area contributed by atoms with Gasteiger partial charge in [-0.2, -0.15) is 0 Å². The van der Waals surface area contributed by atoms with Crippen molar-refractivity contribution >= 4 is 5.91 Å². The second-order valence-electron chi connectivity index (χ2n) is 5.39. The minimum absolute atomic E-state index is 0.103. The van der Waals surface area contributed by atoms with Crippen LogP contribution in [0.25, 0.3) is 0 Å². The van der Waals surface area contributed by atoms with E-state index in [9.17, 15) is 4.79 Å². The largest absolute Gasteiger partial charge is 0.497 e. The van der Waals surface area contributed by atoms with E-state index in [4.69, 9.17) is 14.6 Å². The van der Waals surface area contributed by atoms with Gasteiger partial charge in [0.25, 0.3) is 5.91 Å². The molecule has 0 heterocycles. The van der Waals surface area contributed by atoms with Crippen molar-refractivity contribution in [3.05, 3.63) is 23.8 Å². The fourth-order valence-corrected chi connectivity index (χ4v) is 1.80. The van der Waals surface area contributed by atoms with Crippen LogP contribution in [0.2, 0.25) is 0 Å². The SMILES string of the molecule is COc1ccc(OC)c(C(=O)NCC(C)(C)CCO)c1. The van der Waals surface area contributed by atoms with E-state index in [0.29, 0.717) is 30.0 Å². The van der Waals surface area contributed by atoms with Gasteiger partial charge in [-0.15, -0.1) is 0 Å². The molecule has 0 saturated carbocycles. The van der Waals surface area contributed by atoms with Crippen LogP contribution in [-0.4, -0.2) is 38.4 Å². The lowest BCUT2D eigenvalue weighted by Gasteiger charge is -2.24. The molecule has 0 bridgehead atoms. The first-order valence-electron chi connectivity index (χ1n) is 6.54. The van der Waals surface area contributed by atoms with Gasteiger partial charge in [-0.05, 0) is 30.0 Å². The van der Waals surface area contributed by atoms with Crippen LogP contribution in [0.15, 0.2) is 18.2 Å². The summed E-state index contributed by atoms with van der Waals surface area (Å²) in [6.45, 7) is 4.57. The fraction of sp³-hybridized carbons (Fsp3) is 0.533. The number of hydrogen-bond acceptors (Lipinski definition) is 4. The molecule has 0 atom stereocenters. The lowest BCUT2D eigenvalue weighted by atomic mass is 9.89. The van der Waals surface area contributed by atoms with Crippen LogP contribution in [0.3, 0.4) is 0 Å². The Kier molecular flexibility index (Phi) is 5.82. The number of amides is 1. The second kappa shape index (κ2) is 7.14. The summed E-state index contributed by atoms with van der Waals surface area (Å²) in [5, 5.41) is 11.8. The highest BCUT2D eigenvalue weighted by Crippen LogP contribution is 2.24. The molecule has 1 aromatic carbocycles. The third kappa shape index (κ3) is 4.42. The molecule has 112 valence electrons. The zero-order valence-electron chi connectivity index (χ0n) is 12.5. The van der Waals surface area contributed by atoms with Crippen LogP contribution in [-0.2, 0) is 0 Å². The molecule has 0 radical (unpaired) electrons. The van der Waals surface area contributed by atoms with Crippen LogP contribution >= 0.6 is 0 Å². The van der Waals surface area contributed by atoms with Crippen molar-refractivity contribution in [2.45, 2.75) is 20.3 Å². The van der Waals surface area contributed by atoms with Crippen LogP contribution < -0.4 is 14.8 Å². The summed E-state index contributed by atoms with van der Waals surface area (Å²) in [4.78, 5) is 12.2. The Hall–Kier alpha value is -1.75. The Balaban J connectivity index is 2.81. The summed E-state index contributed by atoms with van der Waals surface area (Å²) in [5.41, 5.74) is 0.280. The van der Waals surface area contributed by atoms with Gasteiger partial charge >= 0.3 is 0 Å². The smallest absolute Gasteiger partial charge is 0.255 e. The summed E-state index contributed by atoms with van der Waals surface area (Å²) in [7, 11) is 3.07. The van der Waals surface area contributed by atoms with Gasteiger partial charge in [-0.3, -0.25) is 4.79 Å². The second-order valence-corrected chi connectivity index (χ2v) is 5.39. The van der Waals surface area contributed by atoms with Gasteiger partial charge in [0.15, 0.2) is 0 Å². The minimum Gasteiger partial charge on any atom is -0.497 e. The van der Waals surface area contributed by atoms with Gasteiger partial charge in [0.2, 0.25) is 0 Å². The summed E-state index contributed by atoms with van der Waals surface area (Å²) < 4.78 is 10.3. The summed E-state index contributed by atoms with van der Waals surface area (Å²) >= 11 is 0. The normalized spacial score (nSPS) is 11.1. The first kappa shape index (κ1) is 16.3. The number of carbonyl (C=O) groups excluding carboxylic acids is 1. The monoisotopic (exact) mass is 281 g/mol. The minimum atomic E-state index is -0.216. The maximum absolute atomic E-state index is 12.2. The highest BCUT2D eigenvalue weighted by Gasteiger charge is 2.20. The Morgan fingerprint density at radius 2 is 2.00 bits per heavy atom. The van der Waals surface area contributed by atoms with Crippen LogP contribution in [0, 0.1) is 5.41 Å². The van der Waals surface area contributed by atoms with Crippen molar-refractivity contribution in [3.63, 3.8) is 0 Å². The topological polar surface area (TPSA) is 67.8 Å². The van der Waals surface area contributed by atoms with Crippen LogP contribution in [0.5, 0.6) is 11.5 Å². The Morgan fingerprint density at radius 1 is 1.30 bits per heavy atom. The molecule has 2 N–H and O–H groups in total. The summed E-state index contributed by atoms with van der Waals surface area (Å²) in [6.07, 6.45) is 0.628. The van der Waals surface area contributed by atoms with Gasteiger partial charge < -0.3 is 19.9 Å². The van der Waals surface area contributed by atoms with Gasteiger partial charge in [0.05, 0.1) is 19.8 Å².